The summed E-state index contributed by atoms with van der Waals surface area (Å²) in [7, 11) is 0. The highest BCUT2D eigenvalue weighted by atomic mass is 16.5. The van der Waals surface area contributed by atoms with Gasteiger partial charge in [0.05, 0.1) is 30.5 Å². The maximum atomic E-state index is 12.6. The second-order valence-corrected chi connectivity index (χ2v) is 6.55. The highest BCUT2D eigenvalue weighted by Gasteiger charge is 2.31. The second-order valence-electron chi connectivity index (χ2n) is 6.55. The lowest BCUT2D eigenvalue weighted by Crippen LogP contribution is -2.40. The Morgan fingerprint density at radius 3 is 2.70 bits per heavy atom. The standard InChI is InChI=1S/C19H19N5O3/c1-12-6-16(27-24-12)7-14-10-26-11-17(14)23-19(25)15-8-21-18(22-9-15)13-2-4-20-5-3-13/h2-6,8-9,14,17H,7,10-11H2,1H3,(H,23,25)/t14-,17+/m1/s1. The highest BCUT2D eigenvalue weighted by molar-refractivity contribution is 5.94. The molecule has 1 aliphatic heterocycles. The van der Waals surface area contributed by atoms with Crippen molar-refractivity contribution in [3.8, 4) is 11.4 Å². The van der Waals surface area contributed by atoms with E-state index >= 15 is 0 Å². The third-order valence-electron chi connectivity index (χ3n) is 4.51. The first-order valence-corrected chi connectivity index (χ1v) is 8.72. The van der Waals surface area contributed by atoms with Crippen LogP contribution in [-0.2, 0) is 11.2 Å². The average Bonchev–Trinajstić information content (AvgIpc) is 3.31. The summed E-state index contributed by atoms with van der Waals surface area (Å²) in [5, 5.41) is 6.92. The van der Waals surface area contributed by atoms with Crippen LogP contribution in [0.25, 0.3) is 11.4 Å². The monoisotopic (exact) mass is 365 g/mol. The van der Waals surface area contributed by atoms with Crippen molar-refractivity contribution in [2.75, 3.05) is 13.2 Å². The van der Waals surface area contributed by atoms with Gasteiger partial charge in [-0.1, -0.05) is 5.16 Å². The van der Waals surface area contributed by atoms with E-state index in [0.29, 0.717) is 31.0 Å². The zero-order valence-corrected chi connectivity index (χ0v) is 14.8. The molecule has 138 valence electrons. The molecule has 1 amide bonds. The van der Waals surface area contributed by atoms with E-state index < -0.39 is 0 Å². The van der Waals surface area contributed by atoms with E-state index in [0.717, 1.165) is 17.0 Å². The predicted molar refractivity (Wildman–Crippen MR) is 95.8 cm³/mol. The largest absolute Gasteiger partial charge is 0.379 e. The third kappa shape index (κ3) is 4.01. The first-order chi connectivity index (χ1) is 13.2. The summed E-state index contributed by atoms with van der Waals surface area (Å²) >= 11 is 0. The Hall–Kier alpha value is -3.13. The van der Waals surface area contributed by atoms with Gasteiger partial charge in [0, 0.05) is 48.8 Å². The Balaban J connectivity index is 1.40. The van der Waals surface area contributed by atoms with Gasteiger partial charge >= 0.3 is 0 Å². The fourth-order valence-corrected chi connectivity index (χ4v) is 3.08. The number of hydrogen-bond donors (Lipinski definition) is 1. The summed E-state index contributed by atoms with van der Waals surface area (Å²) in [6.45, 7) is 2.93. The van der Waals surface area contributed by atoms with Crippen molar-refractivity contribution in [1.29, 1.82) is 0 Å². The van der Waals surface area contributed by atoms with E-state index in [1.165, 1.54) is 12.4 Å². The Bertz CT molecular complexity index is 911. The van der Waals surface area contributed by atoms with Crippen molar-refractivity contribution < 1.29 is 14.1 Å². The number of aryl methyl sites for hydroxylation is 1. The molecule has 1 fully saturated rings. The zero-order chi connectivity index (χ0) is 18.6. The van der Waals surface area contributed by atoms with Crippen molar-refractivity contribution >= 4 is 5.91 Å². The summed E-state index contributed by atoms with van der Waals surface area (Å²) < 4.78 is 10.8. The van der Waals surface area contributed by atoms with E-state index in [2.05, 4.69) is 25.4 Å². The number of ether oxygens (including phenoxy) is 1. The van der Waals surface area contributed by atoms with Gasteiger partial charge in [-0.15, -0.1) is 0 Å². The quantitative estimate of drug-likeness (QED) is 0.735. The van der Waals surface area contributed by atoms with Gasteiger partial charge in [-0.3, -0.25) is 9.78 Å². The molecule has 1 N–H and O–H groups in total. The molecule has 1 aliphatic rings. The Morgan fingerprint density at radius 1 is 1.22 bits per heavy atom. The molecule has 0 unspecified atom stereocenters. The molecule has 8 nitrogen and oxygen atoms in total. The van der Waals surface area contributed by atoms with Gasteiger partial charge in [0.1, 0.15) is 5.76 Å². The van der Waals surface area contributed by atoms with Gasteiger partial charge in [-0.2, -0.15) is 0 Å². The van der Waals surface area contributed by atoms with Gasteiger partial charge in [0.2, 0.25) is 0 Å². The maximum Gasteiger partial charge on any atom is 0.254 e. The molecular formula is C19H19N5O3. The average molecular weight is 365 g/mol. The van der Waals surface area contributed by atoms with E-state index in [1.807, 2.05) is 25.1 Å². The fraction of sp³-hybridized carbons (Fsp3) is 0.316. The Labute approximate surface area is 156 Å². The summed E-state index contributed by atoms with van der Waals surface area (Å²) in [5.41, 5.74) is 2.11. The summed E-state index contributed by atoms with van der Waals surface area (Å²) in [4.78, 5) is 25.1. The number of nitrogens with zero attached hydrogens (tertiary/aromatic N) is 4. The van der Waals surface area contributed by atoms with Crippen molar-refractivity contribution in [3.05, 3.63) is 60.0 Å². The van der Waals surface area contributed by atoms with Gasteiger partial charge in [0.25, 0.3) is 5.91 Å². The number of aromatic nitrogens is 4. The first kappa shape index (κ1) is 17.3. The van der Waals surface area contributed by atoms with E-state index in [1.54, 1.807) is 12.4 Å². The van der Waals surface area contributed by atoms with Gasteiger partial charge in [-0.25, -0.2) is 9.97 Å². The topological polar surface area (TPSA) is 103 Å². The molecule has 3 aromatic rings. The number of rotatable bonds is 5. The van der Waals surface area contributed by atoms with E-state index in [4.69, 9.17) is 9.26 Å². The number of hydrogen-bond acceptors (Lipinski definition) is 7. The Kier molecular flexibility index (Phi) is 4.88. The normalized spacial score (nSPS) is 19.1. The number of carbonyl (C=O) groups excluding carboxylic acids is 1. The van der Waals surface area contributed by atoms with E-state index in [-0.39, 0.29) is 17.9 Å². The van der Waals surface area contributed by atoms with Crippen LogP contribution >= 0.6 is 0 Å². The minimum absolute atomic E-state index is 0.0946. The number of amides is 1. The molecule has 0 aromatic carbocycles. The molecule has 8 heteroatoms. The molecule has 0 saturated carbocycles. The molecule has 27 heavy (non-hydrogen) atoms. The fourth-order valence-electron chi connectivity index (χ4n) is 3.08. The van der Waals surface area contributed by atoms with Crippen LogP contribution in [-0.4, -0.2) is 45.3 Å². The minimum atomic E-state index is -0.217. The first-order valence-electron chi connectivity index (χ1n) is 8.72. The molecule has 4 rings (SSSR count). The van der Waals surface area contributed by atoms with Gasteiger partial charge in [0.15, 0.2) is 5.82 Å². The molecule has 2 atom stereocenters. The zero-order valence-electron chi connectivity index (χ0n) is 14.8. The smallest absolute Gasteiger partial charge is 0.254 e. The van der Waals surface area contributed by atoms with Gasteiger partial charge < -0.3 is 14.6 Å². The molecule has 0 aliphatic carbocycles. The lowest BCUT2D eigenvalue weighted by molar-refractivity contribution is 0.0924. The van der Waals surface area contributed by atoms with Crippen molar-refractivity contribution in [1.82, 2.24) is 25.4 Å². The summed E-state index contributed by atoms with van der Waals surface area (Å²) in [6, 6.07) is 5.45. The highest BCUT2D eigenvalue weighted by Crippen LogP contribution is 2.20. The lowest BCUT2D eigenvalue weighted by atomic mass is 9.98. The SMILES string of the molecule is Cc1cc(C[C@@H]2COC[C@@H]2NC(=O)c2cnc(-c3ccncc3)nc2)on1. The van der Waals surface area contributed by atoms with Crippen LogP contribution < -0.4 is 5.32 Å². The molecule has 4 heterocycles. The summed E-state index contributed by atoms with van der Waals surface area (Å²) in [5.74, 6) is 1.27. The third-order valence-corrected chi connectivity index (χ3v) is 4.51. The van der Waals surface area contributed by atoms with Crippen LogP contribution in [0.3, 0.4) is 0 Å². The van der Waals surface area contributed by atoms with Crippen molar-refractivity contribution in [3.63, 3.8) is 0 Å². The molecule has 0 bridgehead atoms. The number of nitrogens with one attached hydrogen (secondary N) is 1. The van der Waals surface area contributed by atoms with Crippen LogP contribution in [0.2, 0.25) is 0 Å². The molecule has 3 aromatic heterocycles. The number of carbonyl (C=O) groups is 1. The van der Waals surface area contributed by atoms with Crippen LogP contribution in [0.1, 0.15) is 21.8 Å². The van der Waals surface area contributed by atoms with Crippen molar-refractivity contribution in [2.24, 2.45) is 5.92 Å². The molecule has 0 radical (unpaired) electrons. The predicted octanol–water partition coefficient (Wildman–Crippen LogP) is 1.82. The second kappa shape index (κ2) is 7.63. The van der Waals surface area contributed by atoms with Crippen LogP contribution in [0.5, 0.6) is 0 Å². The Morgan fingerprint density at radius 2 is 2.00 bits per heavy atom. The summed E-state index contributed by atoms with van der Waals surface area (Å²) in [6.07, 6.45) is 7.08. The number of pyridine rings is 1. The molecule has 0 spiro atoms. The van der Waals surface area contributed by atoms with E-state index in [9.17, 15) is 4.79 Å². The maximum absolute atomic E-state index is 12.6. The molecule has 1 saturated heterocycles. The molecular weight excluding hydrogens is 346 g/mol. The van der Waals surface area contributed by atoms with Gasteiger partial charge in [-0.05, 0) is 19.1 Å². The van der Waals surface area contributed by atoms with Crippen molar-refractivity contribution in [2.45, 2.75) is 19.4 Å². The van der Waals surface area contributed by atoms with Crippen LogP contribution in [0, 0.1) is 12.8 Å². The lowest BCUT2D eigenvalue weighted by Gasteiger charge is -2.17. The van der Waals surface area contributed by atoms with Crippen LogP contribution in [0.15, 0.2) is 47.5 Å². The minimum Gasteiger partial charge on any atom is -0.379 e. The van der Waals surface area contributed by atoms with Crippen LogP contribution in [0.4, 0.5) is 0 Å².